The van der Waals surface area contributed by atoms with E-state index in [1.807, 2.05) is 0 Å². The van der Waals surface area contributed by atoms with Crippen molar-refractivity contribution in [2.75, 3.05) is 19.8 Å². The predicted octanol–water partition coefficient (Wildman–Crippen LogP) is 1.90. The van der Waals surface area contributed by atoms with Crippen LogP contribution in [-0.2, 0) is 16.0 Å². The first-order chi connectivity index (χ1) is 11.1. The Bertz CT molecular complexity index is 581. The topological polar surface area (TPSA) is 49.8 Å². The number of ether oxygens (including phenoxy) is 1. The molecule has 1 aromatic rings. The van der Waals surface area contributed by atoms with E-state index < -0.39 is 17.7 Å². The van der Waals surface area contributed by atoms with Gasteiger partial charge in [-0.05, 0) is 31.0 Å². The molecule has 1 amide bonds. The second-order valence-electron chi connectivity index (χ2n) is 6.30. The van der Waals surface area contributed by atoms with E-state index in [2.05, 4.69) is 0 Å². The molecule has 1 saturated heterocycles. The molecule has 1 heterocycles. The molecule has 0 bridgehead atoms. The second-order valence-corrected chi connectivity index (χ2v) is 6.30. The Morgan fingerprint density at radius 2 is 2.17 bits per heavy atom. The molecule has 1 saturated carbocycles. The summed E-state index contributed by atoms with van der Waals surface area (Å²) < 4.78 is 32.5. The zero-order chi connectivity index (χ0) is 16.4. The third-order valence-electron chi connectivity index (χ3n) is 4.86. The van der Waals surface area contributed by atoms with Crippen molar-refractivity contribution in [3.63, 3.8) is 0 Å². The van der Waals surface area contributed by atoms with Gasteiger partial charge in [-0.25, -0.2) is 8.78 Å². The molecule has 1 aromatic carbocycles. The van der Waals surface area contributed by atoms with Crippen LogP contribution in [0.1, 0.15) is 24.8 Å². The molecule has 23 heavy (non-hydrogen) atoms. The lowest BCUT2D eigenvalue weighted by molar-refractivity contribution is -0.143. The predicted molar refractivity (Wildman–Crippen MR) is 79.7 cm³/mol. The van der Waals surface area contributed by atoms with Crippen LogP contribution in [0.5, 0.6) is 0 Å². The molecule has 0 unspecified atom stereocenters. The Morgan fingerprint density at radius 3 is 2.91 bits per heavy atom. The normalized spacial score (nSPS) is 28.1. The van der Waals surface area contributed by atoms with E-state index >= 15 is 0 Å². The van der Waals surface area contributed by atoms with E-state index in [-0.39, 0.29) is 29.9 Å². The number of hydrogen-bond acceptors (Lipinski definition) is 3. The zero-order valence-electron chi connectivity index (χ0n) is 12.9. The van der Waals surface area contributed by atoms with Gasteiger partial charge < -0.3 is 14.7 Å². The third-order valence-corrected chi connectivity index (χ3v) is 4.86. The van der Waals surface area contributed by atoms with Crippen LogP contribution in [0, 0.1) is 17.6 Å². The molecule has 0 radical (unpaired) electrons. The van der Waals surface area contributed by atoms with Crippen LogP contribution in [0.15, 0.2) is 18.2 Å². The van der Waals surface area contributed by atoms with Crippen LogP contribution in [0.2, 0.25) is 0 Å². The van der Waals surface area contributed by atoms with Crippen molar-refractivity contribution in [1.29, 1.82) is 0 Å². The van der Waals surface area contributed by atoms with Crippen molar-refractivity contribution >= 4 is 5.91 Å². The molecule has 0 spiro atoms. The van der Waals surface area contributed by atoms with E-state index in [1.54, 1.807) is 4.90 Å². The largest absolute Gasteiger partial charge is 0.393 e. The van der Waals surface area contributed by atoms with Crippen LogP contribution in [0.3, 0.4) is 0 Å². The molecular weight excluding hydrogens is 304 g/mol. The summed E-state index contributed by atoms with van der Waals surface area (Å²) in [7, 11) is 0. The highest BCUT2D eigenvalue weighted by Gasteiger charge is 2.39. The first-order valence-electron chi connectivity index (χ1n) is 8.05. The SMILES string of the molecule is O=C(Cc1cc(F)ccc1F)N1CCOC[C@@H]1[C@@H]1CCC[C@H]1O. The van der Waals surface area contributed by atoms with Crippen LogP contribution in [0.4, 0.5) is 8.78 Å². The van der Waals surface area contributed by atoms with E-state index in [9.17, 15) is 18.7 Å². The summed E-state index contributed by atoms with van der Waals surface area (Å²) in [5.41, 5.74) is 0.0622. The summed E-state index contributed by atoms with van der Waals surface area (Å²) in [5, 5.41) is 10.1. The molecular formula is C17H21F2NO3. The van der Waals surface area contributed by atoms with E-state index in [4.69, 9.17) is 4.74 Å². The zero-order valence-corrected chi connectivity index (χ0v) is 12.9. The Balaban J connectivity index is 1.74. The van der Waals surface area contributed by atoms with Gasteiger partial charge in [-0.3, -0.25) is 4.79 Å². The summed E-state index contributed by atoms with van der Waals surface area (Å²) in [5.74, 6) is -1.39. The molecule has 0 aromatic heterocycles. The van der Waals surface area contributed by atoms with Crippen LogP contribution >= 0.6 is 0 Å². The minimum Gasteiger partial charge on any atom is -0.393 e. The van der Waals surface area contributed by atoms with Gasteiger partial charge in [0, 0.05) is 18.0 Å². The summed E-state index contributed by atoms with van der Waals surface area (Å²) in [6.07, 6.45) is 1.92. The molecule has 126 valence electrons. The summed E-state index contributed by atoms with van der Waals surface area (Å²) >= 11 is 0. The number of amides is 1. The van der Waals surface area contributed by atoms with Crippen LogP contribution in [0.25, 0.3) is 0 Å². The van der Waals surface area contributed by atoms with Gasteiger partial charge in [-0.15, -0.1) is 0 Å². The quantitative estimate of drug-likeness (QED) is 0.923. The first kappa shape index (κ1) is 16.3. The molecule has 2 fully saturated rings. The van der Waals surface area contributed by atoms with Crippen molar-refractivity contribution in [2.24, 2.45) is 5.92 Å². The number of hydrogen-bond donors (Lipinski definition) is 1. The number of aliphatic hydroxyl groups is 1. The number of rotatable bonds is 3. The van der Waals surface area contributed by atoms with Gasteiger partial charge in [0.05, 0.1) is 31.8 Å². The third kappa shape index (κ3) is 3.53. The van der Waals surface area contributed by atoms with Gasteiger partial charge in [0.1, 0.15) is 11.6 Å². The molecule has 2 aliphatic rings. The van der Waals surface area contributed by atoms with Crippen molar-refractivity contribution in [3.05, 3.63) is 35.4 Å². The summed E-state index contributed by atoms with van der Waals surface area (Å²) in [6.45, 7) is 1.24. The average molecular weight is 325 g/mol. The first-order valence-corrected chi connectivity index (χ1v) is 8.05. The standard InChI is InChI=1S/C17H21F2NO3/c18-12-4-5-14(19)11(8-12)9-17(22)20-6-7-23-10-15(20)13-2-1-3-16(13)21/h4-5,8,13,15-16,21H,1-3,6-7,9-10H2/t13-,15+,16+/m0/s1. The summed E-state index contributed by atoms with van der Waals surface area (Å²) in [4.78, 5) is 14.3. The van der Waals surface area contributed by atoms with Gasteiger partial charge in [-0.1, -0.05) is 6.42 Å². The van der Waals surface area contributed by atoms with Crippen LogP contribution in [-0.4, -0.2) is 47.8 Å². The Labute approximate surface area is 134 Å². The number of carbonyl (C=O) groups excluding carboxylic acids is 1. The van der Waals surface area contributed by atoms with E-state index in [0.717, 1.165) is 37.5 Å². The molecule has 6 heteroatoms. The van der Waals surface area contributed by atoms with Crippen molar-refractivity contribution in [3.8, 4) is 0 Å². The second kappa shape index (κ2) is 6.93. The highest BCUT2D eigenvalue weighted by molar-refractivity contribution is 5.79. The van der Waals surface area contributed by atoms with Gasteiger partial charge in [0.2, 0.25) is 5.91 Å². The molecule has 4 nitrogen and oxygen atoms in total. The Kier molecular flexibility index (Phi) is 4.92. The number of nitrogens with zero attached hydrogens (tertiary/aromatic N) is 1. The molecule has 1 aliphatic carbocycles. The maximum absolute atomic E-state index is 13.8. The lowest BCUT2D eigenvalue weighted by Crippen LogP contribution is -2.54. The number of aliphatic hydroxyl groups excluding tert-OH is 1. The monoisotopic (exact) mass is 325 g/mol. The van der Waals surface area contributed by atoms with Gasteiger partial charge in [0.25, 0.3) is 0 Å². The number of halogens is 2. The van der Waals surface area contributed by atoms with Gasteiger partial charge in [-0.2, -0.15) is 0 Å². The number of benzene rings is 1. The van der Waals surface area contributed by atoms with Crippen molar-refractivity contribution in [1.82, 2.24) is 4.90 Å². The summed E-state index contributed by atoms with van der Waals surface area (Å²) in [6, 6.07) is 2.95. The lowest BCUT2D eigenvalue weighted by Gasteiger charge is -2.40. The highest BCUT2D eigenvalue weighted by atomic mass is 19.1. The Hall–Kier alpha value is -1.53. The maximum atomic E-state index is 13.8. The fourth-order valence-corrected chi connectivity index (χ4v) is 3.65. The molecule has 1 N–H and O–H groups in total. The average Bonchev–Trinajstić information content (AvgIpc) is 2.97. The smallest absolute Gasteiger partial charge is 0.227 e. The van der Waals surface area contributed by atoms with E-state index in [1.165, 1.54) is 0 Å². The number of morpholine rings is 1. The Morgan fingerprint density at radius 1 is 1.35 bits per heavy atom. The highest BCUT2D eigenvalue weighted by Crippen LogP contribution is 2.32. The fraction of sp³-hybridized carbons (Fsp3) is 0.588. The van der Waals surface area contributed by atoms with Crippen LogP contribution < -0.4 is 0 Å². The minimum atomic E-state index is -0.578. The number of carbonyl (C=O) groups is 1. The molecule has 1 aliphatic heterocycles. The maximum Gasteiger partial charge on any atom is 0.227 e. The fourth-order valence-electron chi connectivity index (χ4n) is 3.65. The van der Waals surface area contributed by atoms with Gasteiger partial charge in [0.15, 0.2) is 0 Å². The van der Waals surface area contributed by atoms with E-state index in [0.29, 0.717) is 19.8 Å². The molecule has 3 atom stereocenters. The van der Waals surface area contributed by atoms with Gasteiger partial charge >= 0.3 is 0 Å². The van der Waals surface area contributed by atoms with Crippen molar-refractivity contribution < 1.29 is 23.4 Å². The lowest BCUT2D eigenvalue weighted by atomic mass is 9.93. The molecule has 3 rings (SSSR count). The van der Waals surface area contributed by atoms with Crippen molar-refractivity contribution in [2.45, 2.75) is 37.8 Å². The minimum absolute atomic E-state index is 0.00314.